The highest BCUT2D eigenvalue weighted by molar-refractivity contribution is 6.08. The predicted octanol–water partition coefficient (Wildman–Crippen LogP) is 5.20. The molecule has 5 rings (SSSR count). The van der Waals surface area contributed by atoms with E-state index < -0.39 is 24.5 Å². The van der Waals surface area contributed by atoms with Gasteiger partial charge in [0.25, 0.3) is 5.91 Å². The van der Waals surface area contributed by atoms with E-state index in [1.807, 2.05) is 24.3 Å². The minimum atomic E-state index is -0.501. The zero-order chi connectivity index (χ0) is 28.1. The Bertz CT molecular complexity index is 1370. The van der Waals surface area contributed by atoms with Gasteiger partial charge in [0.1, 0.15) is 17.6 Å². The lowest BCUT2D eigenvalue weighted by atomic mass is 9.79. The van der Waals surface area contributed by atoms with Crippen molar-refractivity contribution in [1.82, 2.24) is 5.01 Å². The number of hydrogen-bond acceptors (Lipinski definition) is 9. The van der Waals surface area contributed by atoms with Gasteiger partial charge in [0, 0.05) is 12.3 Å². The van der Waals surface area contributed by atoms with Crippen LogP contribution < -0.4 is 14.2 Å². The first-order chi connectivity index (χ1) is 19.5. The lowest BCUT2D eigenvalue weighted by Gasteiger charge is -2.27. The van der Waals surface area contributed by atoms with E-state index >= 15 is 0 Å². The third-order valence-corrected chi connectivity index (χ3v) is 7.15. The maximum absolute atomic E-state index is 13.3. The average Bonchev–Trinajstić information content (AvgIpc) is 3.75. The Morgan fingerprint density at radius 1 is 1.05 bits per heavy atom. The van der Waals surface area contributed by atoms with E-state index in [9.17, 15) is 9.59 Å². The van der Waals surface area contributed by atoms with Crippen molar-refractivity contribution >= 4 is 23.7 Å². The number of nitrogens with zero attached hydrogens (tertiary/aromatic N) is 2. The molecule has 10 heteroatoms. The van der Waals surface area contributed by atoms with Gasteiger partial charge >= 0.3 is 5.97 Å². The molecular formula is C30H32N2O8. The topological polar surface area (TPSA) is 113 Å². The fourth-order valence-corrected chi connectivity index (χ4v) is 5.30. The number of carbonyl (C=O) groups excluding carboxylic acids is 2. The van der Waals surface area contributed by atoms with Gasteiger partial charge in [-0.2, -0.15) is 5.10 Å². The average molecular weight is 549 g/mol. The van der Waals surface area contributed by atoms with Gasteiger partial charge in [-0.15, -0.1) is 0 Å². The molecule has 3 aromatic rings. The molecule has 0 saturated heterocycles. The van der Waals surface area contributed by atoms with Crippen LogP contribution in [0.4, 0.5) is 0 Å². The Morgan fingerprint density at radius 3 is 2.45 bits per heavy atom. The van der Waals surface area contributed by atoms with Gasteiger partial charge in [0.05, 0.1) is 39.6 Å². The maximum atomic E-state index is 13.3. The Labute approximate surface area is 232 Å². The van der Waals surface area contributed by atoms with Crippen molar-refractivity contribution in [3.8, 4) is 17.2 Å². The molecule has 0 spiro atoms. The van der Waals surface area contributed by atoms with Crippen molar-refractivity contribution in [2.75, 3.05) is 27.9 Å². The van der Waals surface area contributed by atoms with Gasteiger partial charge in [-0.3, -0.25) is 9.59 Å². The molecule has 0 N–H and O–H groups in total. The molecule has 40 heavy (non-hydrogen) atoms. The number of amides is 1. The Balaban J connectivity index is 1.27. The van der Waals surface area contributed by atoms with Gasteiger partial charge in [0.15, 0.2) is 18.1 Å². The number of hydrogen-bond donors (Lipinski definition) is 0. The summed E-state index contributed by atoms with van der Waals surface area (Å²) in [6.45, 7) is -0.425. The van der Waals surface area contributed by atoms with Crippen molar-refractivity contribution in [2.45, 2.75) is 38.1 Å². The van der Waals surface area contributed by atoms with Gasteiger partial charge < -0.3 is 27.8 Å². The molecule has 1 aliphatic heterocycles. The maximum Gasteiger partial charge on any atom is 0.306 e. The van der Waals surface area contributed by atoms with Crippen molar-refractivity contribution in [3.05, 3.63) is 71.6 Å². The lowest BCUT2D eigenvalue weighted by molar-refractivity contribution is -0.153. The number of ether oxygens (including phenoxy) is 4. The molecule has 3 heterocycles. The van der Waals surface area contributed by atoms with Crippen LogP contribution in [0.25, 0.3) is 6.08 Å². The molecule has 1 aromatic carbocycles. The first-order valence-electron chi connectivity index (χ1n) is 13.1. The number of carbonyl (C=O) groups is 2. The second kappa shape index (κ2) is 12.1. The molecule has 2 aliphatic rings. The number of rotatable bonds is 10. The van der Waals surface area contributed by atoms with E-state index in [2.05, 4.69) is 0 Å². The van der Waals surface area contributed by atoms with E-state index in [-0.39, 0.29) is 12.3 Å². The van der Waals surface area contributed by atoms with Gasteiger partial charge in [-0.1, -0.05) is 0 Å². The smallest absolute Gasteiger partial charge is 0.306 e. The largest absolute Gasteiger partial charge is 0.493 e. The summed E-state index contributed by atoms with van der Waals surface area (Å²) in [7, 11) is 4.59. The van der Waals surface area contributed by atoms with Crippen LogP contribution in [0.3, 0.4) is 0 Å². The highest BCUT2D eigenvalue weighted by atomic mass is 16.5. The minimum absolute atomic E-state index is 0.0270. The zero-order valence-corrected chi connectivity index (χ0v) is 22.8. The molecule has 0 bridgehead atoms. The molecule has 210 valence electrons. The Kier molecular flexibility index (Phi) is 8.23. The molecular weight excluding hydrogens is 516 g/mol. The molecule has 2 unspecified atom stereocenters. The molecule has 1 aliphatic carbocycles. The molecule has 1 fully saturated rings. The lowest BCUT2D eigenvalue weighted by Crippen LogP contribution is -2.34. The van der Waals surface area contributed by atoms with Crippen molar-refractivity contribution in [3.63, 3.8) is 0 Å². The van der Waals surface area contributed by atoms with Crippen LogP contribution in [0, 0.1) is 5.92 Å². The van der Waals surface area contributed by atoms with Crippen LogP contribution >= 0.6 is 0 Å². The van der Waals surface area contributed by atoms with Crippen LogP contribution in [0.1, 0.15) is 48.8 Å². The fourth-order valence-electron chi connectivity index (χ4n) is 5.30. The second-order valence-corrected chi connectivity index (χ2v) is 9.56. The van der Waals surface area contributed by atoms with Crippen LogP contribution in [0.15, 0.2) is 68.4 Å². The van der Waals surface area contributed by atoms with Crippen LogP contribution in [0.2, 0.25) is 0 Å². The number of fused-ring (bicyclic) bond motifs is 1. The summed E-state index contributed by atoms with van der Waals surface area (Å²) < 4.78 is 32.7. The number of aryl methyl sites for hydroxylation is 1. The first kappa shape index (κ1) is 27.1. The summed E-state index contributed by atoms with van der Waals surface area (Å²) in [5.74, 6) is 1.91. The summed E-state index contributed by atoms with van der Waals surface area (Å²) in [5.41, 5.74) is 2.67. The monoisotopic (exact) mass is 548 g/mol. The van der Waals surface area contributed by atoms with E-state index in [1.54, 1.807) is 30.7 Å². The van der Waals surface area contributed by atoms with Crippen molar-refractivity contribution in [2.24, 2.45) is 11.0 Å². The summed E-state index contributed by atoms with van der Waals surface area (Å²) in [4.78, 5) is 26.0. The molecule has 2 atom stereocenters. The van der Waals surface area contributed by atoms with Crippen molar-refractivity contribution < 1.29 is 37.4 Å². The number of benzene rings is 1. The van der Waals surface area contributed by atoms with E-state index in [0.717, 1.165) is 41.9 Å². The molecule has 1 amide bonds. The predicted molar refractivity (Wildman–Crippen MR) is 145 cm³/mol. The summed E-state index contributed by atoms with van der Waals surface area (Å²) >= 11 is 0. The zero-order valence-electron chi connectivity index (χ0n) is 22.8. The normalized spacial score (nSPS) is 19.2. The van der Waals surface area contributed by atoms with E-state index in [1.165, 1.54) is 26.3 Å². The highest BCUT2D eigenvalue weighted by Gasteiger charge is 2.45. The Hall–Kier alpha value is -4.47. The van der Waals surface area contributed by atoms with Crippen LogP contribution in [-0.2, 0) is 20.7 Å². The third-order valence-electron chi connectivity index (χ3n) is 7.15. The van der Waals surface area contributed by atoms with Gasteiger partial charge in [-0.05, 0) is 79.3 Å². The third kappa shape index (κ3) is 5.61. The van der Waals surface area contributed by atoms with Crippen molar-refractivity contribution in [1.29, 1.82) is 0 Å². The van der Waals surface area contributed by atoms with E-state index in [0.29, 0.717) is 29.4 Å². The number of esters is 1. The number of allylic oxidation sites excluding steroid dienone is 1. The fraction of sp³-hybridized carbons (Fsp3) is 0.367. The quantitative estimate of drug-likeness (QED) is 0.318. The number of hydrazone groups is 1. The number of methoxy groups -OCH3 is 3. The van der Waals surface area contributed by atoms with Gasteiger partial charge in [0.2, 0.25) is 5.75 Å². The summed E-state index contributed by atoms with van der Waals surface area (Å²) in [5, 5.41) is 6.14. The summed E-state index contributed by atoms with van der Waals surface area (Å²) in [6, 6.07) is 10.5. The molecule has 1 saturated carbocycles. The van der Waals surface area contributed by atoms with E-state index in [4.69, 9.17) is 32.9 Å². The SMILES string of the molecule is COc1cc(CCC(=O)OCC(=O)N2N=C3C(=Cc4ccco4)CCCC3C2c2ccco2)cc(OC)c1OC. The molecule has 0 radical (unpaired) electrons. The standard InChI is InChI=1S/C30H32N2O8/c1-35-24-15-19(16-25(36-2)30(24)37-3)11-12-27(34)40-18-26(33)32-29(23-10-6-14-39-23)22-9-4-7-20(28(22)31-32)17-21-8-5-13-38-21/h5-6,8,10,13-17,22,29H,4,7,9,11-12,18H2,1-3H3. The minimum Gasteiger partial charge on any atom is -0.493 e. The Morgan fingerprint density at radius 2 is 1.80 bits per heavy atom. The van der Waals surface area contributed by atoms with Gasteiger partial charge in [-0.25, -0.2) is 5.01 Å². The highest BCUT2D eigenvalue weighted by Crippen LogP contribution is 2.44. The molecule has 10 nitrogen and oxygen atoms in total. The summed E-state index contributed by atoms with van der Waals surface area (Å²) in [6.07, 6.45) is 8.26. The molecule has 2 aromatic heterocycles. The van der Waals surface area contributed by atoms with Crippen LogP contribution in [-0.4, -0.2) is 50.5 Å². The number of furan rings is 2. The van der Waals surface area contributed by atoms with Crippen LogP contribution in [0.5, 0.6) is 17.2 Å². The first-order valence-corrected chi connectivity index (χ1v) is 13.1. The second-order valence-electron chi connectivity index (χ2n) is 9.56.